The van der Waals surface area contributed by atoms with Gasteiger partial charge in [0.25, 0.3) is 6.71 Å². The maximum atomic E-state index is 9.81. The van der Waals surface area contributed by atoms with Crippen LogP contribution in [0.2, 0.25) is 0 Å². The molecule has 96 heavy (non-hydrogen) atoms. The summed E-state index contributed by atoms with van der Waals surface area (Å²) in [4.78, 5) is 5.00. The number of nitrogens with zero attached hydrogens (tertiary/aromatic N) is 3. The average molecular weight is 1240 g/mol. The van der Waals surface area contributed by atoms with Gasteiger partial charge in [-0.2, -0.15) is 0 Å². The molecule has 3 nitrogen and oxygen atoms in total. The fourth-order valence-electron chi connectivity index (χ4n) is 14.8. The van der Waals surface area contributed by atoms with Gasteiger partial charge in [-0.1, -0.05) is 314 Å². The molecule has 0 saturated carbocycles. The van der Waals surface area contributed by atoms with Crippen LogP contribution in [-0.4, -0.2) is 11.3 Å². The highest BCUT2D eigenvalue weighted by molar-refractivity contribution is 7.00. The van der Waals surface area contributed by atoms with Crippen molar-refractivity contribution in [3.05, 3.63) is 339 Å². The topological polar surface area (TPSA) is 11.4 Å². The highest BCUT2D eigenvalue weighted by Gasteiger charge is 2.46. The summed E-state index contributed by atoms with van der Waals surface area (Å²) in [6.07, 6.45) is 0. The molecule has 458 valence electrons. The van der Waals surface area contributed by atoms with Crippen LogP contribution >= 0.6 is 0 Å². The van der Waals surface area contributed by atoms with E-state index in [0.29, 0.717) is 5.69 Å². The van der Waals surface area contributed by atoms with Gasteiger partial charge in [0.15, 0.2) is 0 Å². The Labute approximate surface area is 575 Å². The van der Waals surface area contributed by atoms with E-state index in [1.54, 1.807) is 4.57 Å². The molecule has 2 aliphatic rings. The van der Waals surface area contributed by atoms with Crippen LogP contribution in [-0.2, 0) is 10.8 Å². The van der Waals surface area contributed by atoms with Gasteiger partial charge in [0.1, 0.15) is 0 Å². The van der Waals surface area contributed by atoms with Crippen molar-refractivity contribution in [2.45, 2.75) is 52.4 Å². The summed E-state index contributed by atoms with van der Waals surface area (Å²) < 4.78 is 76.9. The molecule has 0 bridgehead atoms. The van der Waals surface area contributed by atoms with Crippen molar-refractivity contribution in [2.75, 3.05) is 9.80 Å². The van der Waals surface area contributed by atoms with Crippen molar-refractivity contribution in [1.82, 2.24) is 4.57 Å². The Morgan fingerprint density at radius 2 is 0.688 bits per heavy atom. The fraction of sp³-hybridized carbons (Fsp3) is 0.0870. The largest absolute Gasteiger partial charge is 0.310 e. The predicted molar refractivity (Wildman–Crippen MR) is 410 cm³/mol. The summed E-state index contributed by atoms with van der Waals surface area (Å²) >= 11 is 0. The SMILES string of the molecule is [2H]c1c([2H])c([2H])c2c(c1[2H])c1c([2H])c([2H])c([2H])c([2H])c1n2-c1ccc2c(c1)N(c1c(-c3ccccc3)cccc1-c1cccc(-c3ccccc3)c1)c1cc(C(C)(C)C)cc3c1B2c1cc(-c2ccc(C(C)(C)C)cc2)ccc1N3c1c(-c2ccccc2)cccc1-c1cccc(-c2ccccc2)c1. The van der Waals surface area contributed by atoms with Gasteiger partial charge in [0.05, 0.1) is 33.4 Å². The Kier molecular flexibility index (Phi) is 12.1. The number of benzene rings is 14. The molecule has 0 spiro atoms. The van der Waals surface area contributed by atoms with Crippen LogP contribution in [0.5, 0.6) is 0 Å². The van der Waals surface area contributed by atoms with Crippen molar-refractivity contribution >= 4 is 79.0 Å². The van der Waals surface area contributed by atoms with Crippen LogP contribution in [0, 0.1) is 0 Å². The third-order valence-corrected chi connectivity index (χ3v) is 19.5. The average Bonchev–Trinajstić information content (AvgIpc) is 0.813. The van der Waals surface area contributed by atoms with E-state index in [0.717, 1.165) is 134 Å². The highest BCUT2D eigenvalue weighted by Crippen LogP contribution is 2.54. The summed E-state index contributed by atoms with van der Waals surface area (Å²) in [6, 6.07) is 96.8. The minimum Gasteiger partial charge on any atom is -0.310 e. The lowest BCUT2D eigenvalue weighted by Crippen LogP contribution is -2.61. The molecule has 0 atom stereocenters. The zero-order valence-electron chi connectivity index (χ0n) is 62.5. The molecule has 0 N–H and O–H groups in total. The number of anilines is 6. The molecule has 17 rings (SSSR count). The van der Waals surface area contributed by atoms with Crippen molar-refractivity contribution < 1.29 is 11.0 Å². The van der Waals surface area contributed by atoms with E-state index in [4.69, 9.17) is 2.74 Å². The van der Waals surface area contributed by atoms with Gasteiger partial charge in [-0.05, 0) is 149 Å². The molecule has 3 heterocycles. The monoisotopic (exact) mass is 1240 g/mol. The second-order valence-electron chi connectivity index (χ2n) is 27.4. The lowest BCUT2D eigenvalue weighted by Gasteiger charge is -2.46. The molecule has 0 saturated heterocycles. The number of fused-ring (bicyclic) bond motifs is 7. The van der Waals surface area contributed by atoms with Crippen molar-refractivity contribution in [3.63, 3.8) is 0 Å². The molecule has 0 fully saturated rings. The van der Waals surface area contributed by atoms with Crippen LogP contribution in [0.15, 0.2) is 327 Å². The molecule has 0 radical (unpaired) electrons. The molecule has 1 aromatic heterocycles. The van der Waals surface area contributed by atoms with E-state index in [1.807, 2.05) is 18.2 Å². The highest BCUT2D eigenvalue weighted by atomic mass is 15.2. The first kappa shape index (κ1) is 50.1. The van der Waals surface area contributed by atoms with E-state index in [-0.39, 0.29) is 39.3 Å². The maximum absolute atomic E-state index is 9.81. The van der Waals surface area contributed by atoms with E-state index >= 15 is 0 Å². The fourth-order valence-corrected chi connectivity index (χ4v) is 14.8. The minimum atomic E-state index is -0.497. The Morgan fingerprint density at radius 3 is 1.18 bits per heavy atom. The molecule has 0 unspecified atom stereocenters. The van der Waals surface area contributed by atoms with Gasteiger partial charge in [-0.3, -0.25) is 0 Å². The smallest absolute Gasteiger partial charge is 0.252 e. The number of hydrogen-bond acceptors (Lipinski definition) is 2. The number of para-hydroxylation sites is 4. The number of aromatic nitrogens is 1. The predicted octanol–water partition coefficient (Wildman–Crippen LogP) is 23.1. The zero-order valence-corrected chi connectivity index (χ0v) is 54.5. The summed E-state index contributed by atoms with van der Waals surface area (Å²) in [5.74, 6) is 0. The first-order valence-corrected chi connectivity index (χ1v) is 33.1. The second-order valence-corrected chi connectivity index (χ2v) is 27.4. The lowest BCUT2D eigenvalue weighted by atomic mass is 9.33. The summed E-state index contributed by atoms with van der Waals surface area (Å²) in [5.41, 5.74) is 25.4. The zero-order chi connectivity index (χ0) is 71.8. The van der Waals surface area contributed by atoms with Crippen LogP contribution in [0.25, 0.3) is 105 Å². The van der Waals surface area contributed by atoms with E-state index in [9.17, 15) is 8.22 Å². The van der Waals surface area contributed by atoms with Crippen molar-refractivity contribution in [1.29, 1.82) is 0 Å². The molecule has 2 aliphatic heterocycles. The van der Waals surface area contributed by atoms with Crippen LogP contribution in [0.1, 0.15) is 63.6 Å². The van der Waals surface area contributed by atoms with Crippen LogP contribution < -0.4 is 26.2 Å². The molecule has 4 heteroatoms. The Morgan fingerprint density at radius 1 is 0.292 bits per heavy atom. The Balaban J connectivity index is 1.05. The van der Waals surface area contributed by atoms with Gasteiger partial charge in [0, 0.05) is 61.5 Å². The van der Waals surface area contributed by atoms with E-state index in [2.05, 4.69) is 312 Å². The third-order valence-electron chi connectivity index (χ3n) is 19.5. The standard InChI is InChI=1S/C92H72BN3/c1-91(2,3)71-50-47-63(48-51-71)68-49-54-84-81(57-68)93-80-53-52-73(94-82-45-21-19-39-78(82)79-40-20-22-46-83(79)94)60-85(80)96(90-75(65-33-17-10-18-34-65)42-26-44-77(90)70-38-24-36-67(56-70)62-29-13-8-14-30-62)87-59-72(92(4,5)6)58-86(88(87)93)95(84)89-74(64-31-15-9-16-32-64)41-25-43-76(89)69-37-23-35-66(55-69)61-27-11-7-12-28-61/h7-60H,1-6H3/i19D,20D,21D,22D,39D,40D,45D,46D. The normalized spacial score (nSPS) is 13.8. The summed E-state index contributed by atoms with van der Waals surface area (Å²) in [7, 11) is 0. The number of rotatable bonds is 10. The maximum Gasteiger partial charge on any atom is 0.252 e. The Hall–Kier alpha value is -11.5. The molecule has 0 amide bonds. The summed E-state index contributed by atoms with van der Waals surface area (Å²) in [6.45, 7) is 13.1. The van der Waals surface area contributed by atoms with E-state index in [1.165, 1.54) is 5.56 Å². The molecule has 0 aliphatic carbocycles. The van der Waals surface area contributed by atoms with Crippen LogP contribution in [0.4, 0.5) is 34.1 Å². The van der Waals surface area contributed by atoms with E-state index < -0.39 is 48.4 Å². The van der Waals surface area contributed by atoms with Crippen LogP contribution in [0.3, 0.4) is 0 Å². The lowest BCUT2D eigenvalue weighted by molar-refractivity contribution is 0.590. The van der Waals surface area contributed by atoms with Gasteiger partial charge in [0.2, 0.25) is 0 Å². The first-order valence-electron chi connectivity index (χ1n) is 37.1. The van der Waals surface area contributed by atoms with Crippen molar-refractivity contribution in [2.24, 2.45) is 0 Å². The molecule has 15 aromatic rings. The van der Waals surface area contributed by atoms with Gasteiger partial charge < -0.3 is 14.4 Å². The molecule has 14 aromatic carbocycles. The van der Waals surface area contributed by atoms with Gasteiger partial charge in [-0.15, -0.1) is 0 Å². The first-order chi connectivity index (χ1) is 50.2. The minimum absolute atomic E-state index is 0.0127. The molecular weight excluding hydrogens is 1160 g/mol. The van der Waals surface area contributed by atoms with Gasteiger partial charge >= 0.3 is 0 Å². The van der Waals surface area contributed by atoms with Crippen molar-refractivity contribution in [3.8, 4) is 83.6 Å². The number of hydrogen-bond donors (Lipinski definition) is 0. The van der Waals surface area contributed by atoms with Gasteiger partial charge in [-0.25, -0.2) is 0 Å². The quantitative estimate of drug-likeness (QED) is 0.126. The second kappa shape index (κ2) is 23.2. The third kappa shape index (κ3) is 9.98. The summed E-state index contributed by atoms with van der Waals surface area (Å²) in [5, 5.41) is 0.0254. The molecular formula is C92H72BN3. The Bertz CT molecular complexity index is 5910.